The molecular weight excluding hydrogens is 431 g/mol. The lowest BCUT2D eigenvalue weighted by Gasteiger charge is -2.21. The second kappa shape index (κ2) is 12.5. The molecule has 1 aromatic rings. The summed E-state index contributed by atoms with van der Waals surface area (Å²) in [6, 6.07) is 5.59. The van der Waals surface area contributed by atoms with Crippen LogP contribution in [0.1, 0.15) is 39.0 Å². The van der Waals surface area contributed by atoms with E-state index in [1.54, 1.807) is 6.08 Å². The zero-order chi connectivity index (χ0) is 23.8. The summed E-state index contributed by atoms with van der Waals surface area (Å²) >= 11 is 0. The van der Waals surface area contributed by atoms with Crippen molar-refractivity contribution in [2.45, 2.75) is 63.4 Å². The fourth-order valence-electron chi connectivity index (χ4n) is 4.66. The number of aliphatic hydroxyl groups excluding tert-OH is 2. The third-order valence-corrected chi connectivity index (χ3v) is 6.49. The number of ether oxygens (including phenoxy) is 3. The van der Waals surface area contributed by atoms with E-state index in [0.717, 1.165) is 19.3 Å². The molecule has 1 aromatic carbocycles. The predicted octanol–water partition coefficient (Wildman–Crippen LogP) is 3.18. The van der Waals surface area contributed by atoms with Gasteiger partial charge in [0.2, 0.25) is 0 Å². The van der Waals surface area contributed by atoms with Crippen molar-refractivity contribution in [3.8, 4) is 5.75 Å². The Morgan fingerprint density at radius 3 is 2.76 bits per heavy atom. The summed E-state index contributed by atoms with van der Waals surface area (Å²) in [4.78, 5) is 11.3. The lowest BCUT2D eigenvalue weighted by atomic mass is 9.87. The lowest BCUT2D eigenvalue weighted by molar-refractivity contribution is -0.152. The van der Waals surface area contributed by atoms with Crippen LogP contribution in [0.4, 0.5) is 4.39 Å². The van der Waals surface area contributed by atoms with Gasteiger partial charge >= 0.3 is 5.97 Å². The molecule has 1 aliphatic heterocycles. The zero-order valence-electron chi connectivity index (χ0n) is 19.0. The third kappa shape index (κ3) is 7.50. The van der Waals surface area contributed by atoms with E-state index in [-0.39, 0.29) is 36.3 Å². The first-order valence-corrected chi connectivity index (χ1v) is 11.8. The summed E-state index contributed by atoms with van der Waals surface area (Å²) in [5.41, 5.74) is 0. The lowest BCUT2D eigenvalue weighted by Crippen LogP contribution is -2.27. The molecule has 8 heteroatoms. The molecule has 7 nitrogen and oxygen atoms in total. The molecule has 2 aliphatic rings. The average molecular weight is 467 g/mol. The van der Waals surface area contributed by atoms with Crippen molar-refractivity contribution >= 4 is 5.97 Å². The van der Waals surface area contributed by atoms with Gasteiger partial charge in [0, 0.05) is 18.3 Å². The second-order valence-electron chi connectivity index (χ2n) is 9.03. The fraction of sp³-hybridized carbons (Fsp3) is 0.640. The summed E-state index contributed by atoms with van der Waals surface area (Å²) < 4.78 is 30.2. The number of fused-ring (bicyclic) bond motifs is 1. The Balaban J connectivity index is 1.49. The van der Waals surface area contributed by atoms with Gasteiger partial charge in [-0.25, -0.2) is 9.18 Å². The number of carbonyl (C=O) groups is 1. The highest BCUT2D eigenvalue weighted by Gasteiger charge is 2.43. The zero-order valence-corrected chi connectivity index (χ0v) is 19.0. The standard InChI is InChI=1S/C25H35FO7/c1-2-3-23(25(29)30)32-13-16-4-10-21-20(22(28)12-24(21)33-14-16)11-7-18(27)15-31-19-8-5-17(26)6-9-19/h5-9,11,16,18,20-24,27-28H,2-4,10,12-15H2,1H3,(H,29,30)/b11-7+/t16-,18+,20+,21+,22+,23?,24-/m0/s1. The van der Waals surface area contributed by atoms with Gasteiger partial charge in [-0.1, -0.05) is 25.5 Å². The summed E-state index contributed by atoms with van der Waals surface area (Å²) in [7, 11) is 0. The van der Waals surface area contributed by atoms with Crippen LogP contribution in [0.2, 0.25) is 0 Å². The first kappa shape index (κ1) is 25.6. The van der Waals surface area contributed by atoms with Crippen molar-refractivity contribution in [3.05, 3.63) is 42.2 Å². The van der Waals surface area contributed by atoms with Crippen molar-refractivity contribution in [1.29, 1.82) is 0 Å². The van der Waals surface area contributed by atoms with Crippen LogP contribution in [-0.2, 0) is 14.3 Å². The number of aliphatic hydroxyl groups is 2. The second-order valence-corrected chi connectivity index (χ2v) is 9.03. The fourth-order valence-corrected chi connectivity index (χ4v) is 4.66. The van der Waals surface area contributed by atoms with Crippen LogP contribution in [-0.4, -0.2) is 65.5 Å². The van der Waals surface area contributed by atoms with E-state index in [4.69, 9.17) is 14.2 Å². The van der Waals surface area contributed by atoms with Crippen LogP contribution in [0.5, 0.6) is 5.75 Å². The molecule has 7 atom stereocenters. The molecule has 0 radical (unpaired) electrons. The molecule has 33 heavy (non-hydrogen) atoms. The molecular formula is C25H35FO7. The van der Waals surface area contributed by atoms with Gasteiger partial charge in [-0.2, -0.15) is 0 Å². The Morgan fingerprint density at radius 2 is 2.06 bits per heavy atom. The Hall–Kier alpha value is -2.00. The Kier molecular flexibility index (Phi) is 9.67. The van der Waals surface area contributed by atoms with E-state index in [0.29, 0.717) is 31.8 Å². The van der Waals surface area contributed by atoms with Crippen LogP contribution in [0.25, 0.3) is 0 Å². The number of carboxylic acids is 1. The van der Waals surface area contributed by atoms with Crippen LogP contribution in [0.3, 0.4) is 0 Å². The highest BCUT2D eigenvalue weighted by atomic mass is 19.1. The number of hydrogen-bond acceptors (Lipinski definition) is 6. The molecule has 184 valence electrons. The van der Waals surface area contributed by atoms with Crippen molar-refractivity contribution in [2.75, 3.05) is 19.8 Å². The van der Waals surface area contributed by atoms with Crippen LogP contribution < -0.4 is 4.74 Å². The largest absolute Gasteiger partial charge is 0.491 e. The molecule has 3 N–H and O–H groups in total. The minimum atomic E-state index is -0.932. The summed E-state index contributed by atoms with van der Waals surface area (Å²) in [6.45, 7) is 2.79. The molecule has 1 saturated carbocycles. The minimum absolute atomic E-state index is 0.0253. The molecule has 0 bridgehead atoms. The first-order chi connectivity index (χ1) is 15.9. The average Bonchev–Trinajstić information content (AvgIpc) is 2.95. The smallest absolute Gasteiger partial charge is 0.332 e. The molecule has 0 amide bonds. The van der Waals surface area contributed by atoms with E-state index in [1.807, 2.05) is 13.0 Å². The first-order valence-electron chi connectivity index (χ1n) is 11.8. The van der Waals surface area contributed by atoms with E-state index >= 15 is 0 Å². The summed E-state index contributed by atoms with van der Waals surface area (Å²) in [5, 5.41) is 30.1. The Labute approximate surface area is 194 Å². The van der Waals surface area contributed by atoms with Crippen molar-refractivity contribution in [1.82, 2.24) is 0 Å². The summed E-state index contributed by atoms with van der Waals surface area (Å²) in [6.07, 6.45) is 4.63. The van der Waals surface area contributed by atoms with Gasteiger partial charge in [-0.05, 0) is 49.4 Å². The van der Waals surface area contributed by atoms with E-state index in [2.05, 4.69) is 0 Å². The van der Waals surface area contributed by atoms with E-state index in [9.17, 15) is 24.5 Å². The number of halogens is 1. The minimum Gasteiger partial charge on any atom is -0.491 e. The molecule has 1 unspecified atom stereocenters. The molecule has 1 heterocycles. The number of hydrogen-bond donors (Lipinski definition) is 3. The quantitative estimate of drug-likeness (QED) is 0.430. The van der Waals surface area contributed by atoms with Crippen molar-refractivity contribution in [2.24, 2.45) is 17.8 Å². The summed E-state index contributed by atoms with van der Waals surface area (Å²) in [5.74, 6) is -0.710. The third-order valence-electron chi connectivity index (χ3n) is 6.49. The number of benzene rings is 1. The highest BCUT2D eigenvalue weighted by Crippen LogP contribution is 2.41. The van der Waals surface area contributed by atoms with Gasteiger partial charge in [-0.15, -0.1) is 0 Å². The molecule has 0 spiro atoms. The normalized spacial score (nSPS) is 29.4. The van der Waals surface area contributed by atoms with E-state index in [1.165, 1.54) is 24.3 Å². The van der Waals surface area contributed by atoms with Gasteiger partial charge in [-0.3, -0.25) is 0 Å². The predicted molar refractivity (Wildman–Crippen MR) is 119 cm³/mol. The molecule has 1 aliphatic carbocycles. The molecule has 3 rings (SSSR count). The maximum Gasteiger partial charge on any atom is 0.332 e. The van der Waals surface area contributed by atoms with Gasteiger partial charge < -0.3 is 29.5 Å². The van der Waals surface area contributed by atoms with E-state index < -0.39 is 24.3 Å². The topological polar surface area (TPSA) is 105 Å². The molecule has 1 saturated heterocycles. The number of aliphatic carboxylic acids is 1. The SMILES string of the molecule is CCCC(OC[C@@H]1CC[C@@H]2[C@@H](/C=C/[C@@H](O)COc3ccc(F)cc3)[C@H](O)C[C@@H]2OC1)C(=O)O. The Morgan fingerprint density at radius 1 is 1.30 bits per heavy atom. The molecule has 0 aromatic heterocycles. The van der Waals surface area contributed by atoms with Crippen LogP contribution >= 0.6 is 0 Å². The maximum absolute atomic E-state index is 13.0. The maximum atomic E-state index is 13.0. The van der Waals surface area contributed by atoms with Gasteiger partial charge in [0.1, 0.15) is 24.3 Å². The van der Waals surface area contributed by atoms with Crippen molar-refractivity contribution in [3.63, 3.8) is 0 Å². The monoisotopic (exact) mass is 466 g/mol. The number of carboxylic acid groups (broad SMARTS) is 1. The molecule has 2 fully saturated rings. The van der Waals surface area contributed by atoms with Gasteiger partial charge in [0.15, 0.2) is 6.10 Å². The van der Waals surface area contributed by atoms with Crippen LogP contribution in [0, 0.1) is 23.6 Å². The van der Waals surface area contributed by atoms with Gasteiger partial charge in [0.05, 0.1) is 25.4 Å². The van der Waals surface area contributed by atoms with Gasteiger partial charge in [0.25, 0.3) is 0 Å². The van der Waals surface area contributed by atoms with Crippen molar-refractivity contribution < 1.29 is 38.7 Å². The highest BCUT2D eigenvalue weighted by molar-refractivity contribution is 5.72. The Bertz CT molecular complexity index is 769. The number of rotatable bonds is 11. The van der Waals surface area contributed by atoms with Crippen LogP contribution in [0.15, 0.2) is 36.4 Å².